The zero-order valence-electron chi connectivity index (χ0n) is 17.6. The van der Waals surface area contributed by atoms with E-state index in [1.807, 2.05) is 43.3 Å². The molecule has 2 aromatic rings. The molecule has 158 valence electrons. The minimum atomic E-state index is -0.156. The minimum Gasteiger partial charge on any atom is -0.354 e. The molecule has 0 radical (unpaired) electrons. The number of hydrogen-bond acceptors (Lipinski definition) is 3. The molecular formula is C25H31N3O2. The third-order valence-electron chi connectivity index (χ3n) is 6.50. The standard InChI is InChI=1S/C25H31N3O2/c1-17-6-12-22(13-7-17)28-24(29)19-10-8-18(9-11-19)15-27-25(30)23-14-20-4-2-3-5-21(20)16-26-23/h2-7,12-13,18-19,23,26H,8-11,14-16H2,1H3,(H,27,30)(H,28,29)/t18?,19?,23-/m1/s1. The summed E-state index contributed by atoms with van der Waals surface area (Å²) in [6.07, 6.45) is 4.47. The number of fused-ring (bicyclic) bond motifs is 1. The smallest absolute Gasteiger partial charge is 0.237 e. The molecule has 1 atom stereocenters. The molecule has 0 aromatic heterocycles. The number of aryl methyl sites for hydroxylation is 1. The molecule has 1 fully saturated rings. The van der Waals surface area contributed by atoms with Crippen LogP contribution in [0.5, 0.6) is 0 Å². The Bertz CT molecular complexity index is 886. The lowest BCUT2D eigenvalue weighted by molar-refractivity contribution is -0.124. The van der Waals surface area contributed by atoms with Crippen LogP contribution >= 0.6 is 0 Å². The molecule has 2 aromatic carbocycles. The molecule has 2 amide bonds. The molecular weight excluding hydrogens is 374 g/mol. The second-order valence-electron chi connectivity index (χ2n) is 8.72. The molecule has 2 aliphatic rings. The Balaban J connectivity index is 1.19. The maximum absolute atomic E-state index is 12.6. The van der Waals surface area contributed by atoms with Gasteiger partial charge in [0, 0.05) is 24.7 Å². The largest absolute Gasteiger partial charge is 0.354 e. The summed E-state index contributed by atoms with van der Waals surface area (Å²) >= 11 is 0. The van der Waals surface area contributed by atoms with Crippen LogP contribution in [-0.2, 0) is 22.6 Å². The lowest BCUT2D eigenvalue weighted by Gasteiger charge is -2.29. The summed E-state index contributed by atoms with van der Waals surface area (Å²) in [5.41, 5.74) is 4.59. The second kappa shape index (κ2) is 9.43. The lowest BCUT2D eigenvalue weighted by atomic mass is 9.81. The van der Waals surface area contributed by atoms with Crippen LogP contribution in [0.25, 0.3) is 0 Å². The van der Waals surface area contributed by atoms with Gasteiger partial charge in [-0.2, -0.15) is 0 Å². The van der Waals surface area contributed by atoms with Crippen molar-refractivity contribution in [3.8, 4) is 0 Å². The van der Waals surface area contributed by atoms with E-state index < -0.39 is 0 Å². The van der Waals surface area contributed by atoms with Gasteiger partial charge in [0.2, 0.25) is 11.8 Å². The van der Waals surface area contributed by atoms with Crippen molar-refractivity contribution in [1.82, 2.24) is 10.6 Å². The topological polar surface area (TPSA) is 70.2 Å². The molecule has 4 rings (SSSR count). The van der Waals surface area contributed by atoms with Gasteiger partial charge in [0.05, 0.1) is 6.04 Å². The van der Waals surface area contributed by atoms with E-state index in [0.717, 1.165) is 44.3 Å². The first kappa shape index (κ1) is 20.6. The van der Waals surface area contributed by atoms with Crippen molar-refractivity contribution in [3.63, 3.8) is 0 Å². The van der Waals surface area contributed by atoms with Crippen molar-refractivity contribution in [2.75, 3.05) is 11.9 Å². The molecule has 0 bridgehead atoms. The fourth-order valence-electron chi connectivity index (χ4n) is 4.52. The highest BCUT2D eigenvalue weighted by atomic mass is 16.2. The molecule has 0 unspecified atom stereocenters. The maximum atomic E-state index is 12.6. The number of amides is 2. The van der Waals surface area contributed by atoms with Crippen LogP contribution in [0.1, 0.15) is 42.4 Å². The summed E-state index contributed by atoms with van der Waals surface area (Å²) in [4.78, 5) is 25.2. The van der Waals surface area contributed by atoms with E-state index in [0.29, 0.717) is 12.5 Å². The van der Waals surface area contributed by atoms with Crippen molar-refractivity contribution in [1.29, 1.82) is 0 Å². The number of carbonyl (C=O) groups is 2. The Morgan fingerprint density at radius 3 is 2.37 bits per heavy atom. The van der Waals surface area contributed by atoms with Gasteiger partial charge >= 0.3 is 0 Å². The van der Waals surface area contributed by atoms with Crippen LogP contribution in [0.2, 0.25) is 0 Å². The van der Waals surface area contributed by atoms with Gasteiger partial charge in [-0.25, -0.2) is 0 Å². The van der Waals surface area contributed by atoms with Gasteiger partial charge in [-0.05, 0) is 68.2 Å². The van der Waals surface area contributed by atoms with Crippen molar-refractivity contribution < 1.29 is 9.59 Å². The van der Waals surface area contributed by atoms with Crippen LogP contribution in [0.15, 0.2) is 48.5 Å². The lowest BCUT2D eigenvalue weighted by Crippen LogP contribution is -2.48. The number of carbonyl (C=O) groups excluding carboxylic acids is 2. The minimum absolute atomic E-state index is 0.0646. The first-order chi connectivity index (χ1) is 14.6. The van der Waals surface area contributed by atoms with Gasteiger partial charge in [-0.3, -0.25) is 9.59 Å². The molecule has 0 saturated heterocycles. The van der Waals surface area contributed by atoms with E-state index in [-0.39, 0.29) is 23.8 Å². The van der Waals surface area contributed by atoms with Gasteiger partial charge < -0.3 is 16.0 Å². The summed E-state index contributed by atoms with van der Waals surface area (Å²) in [7, 11) is 0. The summed E-state index contributed by atoms with van der Waals surface area (Å²) < 4.78 is 0. The second-order valence-corrected chi connectivity index (χ2v) is 8.72. The van der Waals surface area contributed by atoms with Gasteiger partial charge in [-0.15, -0.1) is 0 Å². The first-order valence-corrected chi connectivity index (χ1v) is 11.0. The van der Waals surface area contributed by atoms with E-state index in [4.69, 9.17) is 0 Å². The summed E-state index contributed by atoms with van der Waals surface area (Å²) in [6, 6.07) is 16.1. The van der Waals surface area contributed by atoms with E-state index >= 15 is 0 Å². The highest BCUT2D eigenvalue weighted by Crippen LogP contribution is 2.29. The summed E-state index contributed by atoms with van der Waals surface area (Å²) in [5, 5.41) is 9.52. The van der Waals surface area contributed by atoms with E-state index in [2.05, 4.69) is 28.1 Å². The highest BCUT2D eigenvalue weighted by molar-refractivity contribution is 5.92. The Kier molecular flexibility index (Phi) is 6.48. The van der Waals surface area contributed by atoms with Crippen molar-refractivity contribution >= 4 is 17.5 Å². The Morgan fingerprint density at radius 2 is 1.63 bits per heavy atom. The average Bonchev–Trinajstić information content (AvgIpc) is 2.79. The molecule has 0 spiro atoms. The van der Waals surface area contributed by atoms with E-state index in [9.17, 15) is 9.59 Å². The van der Waals surface area contributed by atoms with Gasteiger partial charge in [0.1, 0.15) is 0 Å². The van der Waals surface area contributed by atoms with E-state index in [1.54, 1.807) is 0 Å². The van der Waals surface area contributed by atoms with Crippen LogP contribution < -0.4 is 16.0 Å². The van der Waals surface area contributed by atoms with Gasteiger partial charge in [0.15, 0.2) is 0 Å². The molecule has 5 heteroatoms. The third kappa shape index (κ3) is 5.08. The van der Waals surface area contributed by atoms with Crippen LogP contribution in [0.3, 0.4) is 0 Å². The predicted octanol–water partition coefficient (Wildman–Crippen LogP) is 3.57. The quantitative estimate of drug-likeness (QED) is 0.712. The van der Waals surface area contributed by atoms with E-state index in [1.165, 1.54) is 16.7 Å². The monoisotopic (exact) mass is 405 g/mol. The number of nitrogens with one attached hydrogen (secondary N) is 3. The molecule has 1 aliphatic carbocycles. The first-order valence-electron chi connectivity index (χ1n) is 11.0. The van der Waals surface area contributed by atoms with Gasteiger partial charge in [0.25, 0.3) is 0 Å². The Morgan fingerprint density at radius 1 is 0.933 bits per heavy atom. The fraction of sp³-hybridized carbons (Fsp3) is 0.440. The average molecular weight is 406 g/mol. The SMILES string of the molecule is Cc1ccc(NC(=O)C2CCC(CNC(=O)[C@H]3Cc4ccccc4CN3)CC2)cc1. The highest BCUT2D eigenvalue weighted by Gasteiger charge is 2.28. The molecule has 1 heterocycles. The number of hydrogen-bond donors (Lipinski definition) is 3. The van der Waals surface area contributed by atoms with Crippen LogP contribution in [-0.4, -0.2) is 24.4 Å². The molecule has 1 saturated carbocycles. The Hall–Kier alpha value is -2.66. The van der Waals surface area contributed by atoms with Crippen molar-refractivity contribution in [3.05, 3.63) is 65.2 Å². The predicted molar refractivity (Wildman–Crippen MR) is 119 cm³/mol. The molecule has 5 nitrogen and oxygen atoms in total. The van der Waals surface area contributed by atoms with Crippen molar-refractivity contribution in [2.45, 2.75) is 51.6 Å². The van der Waals surface area contributed by atoms with Crippen molar-refractivity contribution in [2.24, 2.45) is 11.8 Å². The third-order valence-corrected chi connectivity index (χ3v) is 6.50. The Labute approximate surface area is 178 Å². The molecule has 1 aliphatic heterocycles. The zero-order valence-corrected chi connectivity index (χ0v) is 17.6. The molecule has 3 N–H and O–H groups in total. The summed E-state index contributed by atoms with van der Waals surface area (Å²) in [6.45, 7) is 3.48. The number of anilines is 1. The normalized spacial score (nSPS) is 23.3. The summed E-state index contributed by atoms with van der Waals surface area (Å²) in [5.74, 6) is 0.721. The number of benzene rings is 2. The number of rotatable bonds is 5. The zero-order chi connectivity index (χ0) is 20.9. The molecule has 30 heavy (non-hydrogen) atoms. The van der Waals surface area contributed by atoms with Crippen LogP contribution in [0, 0.1) is 18.8 Å². The van der Waals surface area contributed by atoms with Crippen LogP contribution in [0.4, 0.5) is 5.69 Å². The maximum Gasteiger partial charge on any atom is 0.237 e. The fourth-order valence-corrected chi connectivity index (χ4v) is 4.52. The van der Waals surface area contributed by atoms with Gasteiger partial charge in [-0.1, -0.05) is 42.0 Å².